The lowest BCUT2D eigenvalue weighted by molar-refractivity contribution is -0.147. The van der Waals surface area contributed by atoms with E-state index >= 15 is 0 Å². The summed E-state index contributed by atoms with van der Waals surface area (Å²) < 4.78 is 4.96. The van der Waals surface area contributed by atoms with Crippen LogP contribution in [-0.4, -0.2) is 34.5 Å². The molecule has 2 rings (SSSR count). The molecule has 0 saturated carbocycles. The summed E-state index contributed by atoms with van der Waals surface area (Å²) in [6.45, 7) is -0.306. The smallest absolute Gasteiger partial charge is 0.306 e. The number of hydrogen-bond acceptors (Lipinski definition) is 6. The van der Waals surface area contributed by atoms with Crippen molar-refractivity contribution in [2.45, 2.75) is 37.4 Å². The highest BCUT2D eigenvalue weighted by Crippen LogP contribution is 2.39. The zero-order valence-corrected chi connectivity index (χ0v) is 15.0. The number of amides is 1. The van der Waals surface area contributed by atoms with Crippen LogP contribution >= 0.6 is 33.2 Å². The third-order valence-electron chi connectivity index (χ3n) is 3.28. The molecule has 0 radical (unpaired) electrons. The van der Waals surface area contributed by atoms with Gasteiger partial charge in [-0.15, -0.1) is 0 Å². The number of hydrogen-bond donors (Lipinski definition) is 1. The third kappa shape index (κ3) is 7.01. The second-order valence-corrected chi connectivity index (χ2v) is 8.27. The quantitative estimate of drug-likeness (QED) is 0.322. The first-order valence-electron chi connectivity index (χ1n) is 7.49. The Bertz CT molecular complexity index is 539. The summed E-state index contributed by atoms with van der Waals surface area (Å²) in [6.07, 6.45) is 6.11. The van der Waals surface area contributed by atoms with E-state index in [4.69, 9.17) is 16.3 Å². The fourth-order valence-electron chi connectivity index (χ4n) is 2.09. The molecule has 23 heavy (non-hydrogen) atoms. The molecule has 1 aliphatic rings. The molecule has 2 heterocycles. The van der Waals surface area contributed by atoms with Crippen molar-refractivity contribution in [2.75, 3.05) is 17.7 Å². The number of nitrogens with zero attached hydrogens (tertiary/aromatic N) is 1. The molecule has 0 bridgehead atoms. The lowest BCUT2D eigenvalue weighted by Gasteiger charge is -2.08. The van der Waals surface area contributed by atoms with E-state index in [1.54, 1.807) is 12.1 Å². The summed E-state index contributed by atoms with van der Waals surface area (Å²) in [7, 11) is 3.88. The highest BCUT2D eigenvalue weighted by Gasteiger charge is 2.16. The first kappa shape index (κ1) is 18.4. The molecule has 1 aromatic rings. The molecule has 0 aromatic carbocycles. The second kappa shape index (κ2) is 10.1. The van der Waals surface area contributed by atoms with E-state index in [-0.39, 0.29) is 17.7 Å². The predicted molar refractivity (Wildman–Crippen MR) is 95.8 cm³/mol. The largest absolute Gasteiger partial charge is 0.456 e. The SMILES string of the molecule is O=C(COC(=O)CCCC[C@@H]1CCSS1)Nc1cccnc1Cl. The van der Waals surface area contributed by atoms with Crippen LogP contribution in [0, 0.1) is 0 Å². The average Bonchev–Trinajstić information content (AvgIpc) is 3.05. The fraction of sp³-hybridized carbons (Fsp3) is 0.533. The Balaban J connectivity index is 1.56. The van der Waals surface area contributed by atoms with E-state index < -0.39 is 5.91 Å². The molecule has 5 nitrogen and oxygen atoms in total. The Hall–Kier alpha value is -0.920. The Morgan fingerprint density at radius 1 is 1.43 bits per heavy atom. The highest BCUT2D eigenvalue weighted by atomic mass is 35.5. The number of anilines is 1. The minimum atomic E-state index is -0.423. The molecule has 1 amide bonds. The maximum absolute atomic E-state index is 11.7. The minimum Gasteiger partial charge on any atom is -0.456 e. The number of esters is 1. The van der Waals surface area contributed by atoms with Crippen LogP contribution in [0.25, 0.3) is 0 Å². The van der Waals surface area contributed by atoms with Crippen LogP contribution in [0.5, 0.6) is 0 Å². The Kier molecular flexibility index (Phi) is 8.05. The van der Waals surface area contributed by atoms with Crippen molar-refractivity contribution in [1.29, 1.82) is 0 Å². The van der Waals surface area contributed by atoms with E-state index in [0.29, 0.717) is 12.1 Å². The monoisotopic (exact) mass is 374 g/mol. The van der Waals surface area contributed by atoms with Crippen molar-refractivity contribution in [2.24, 2.45) is 0 Å². The molecule has 1 atom stereocenters. The van der Waals surface area contributed by atoms with Gasteiger partial charge in [-0.3, -0.25) is 9.59 Å². The highest BCUT2D eigenvalue weighted by molar-refractivity contribution is 8.77. The van der Waals surface area contributed by atoms with Gasteiger partial charge in [-0.05, 0) is 31.4 Å². The summed E-state index contributed by atoms with van der Waals surface area (Å²) in [5.41, 5.74) is 0.405. The molecule has 1 N–H and O–H groups in total. The van der Waals surface area contributed by atoms with Gasteiger partial charge in [-0.2, -0.15) is 0 Å². The van der Waals surface area contributed by atoms with Crippen molar-refractivity contribution in [3.63, 3.8) is 0 Å². The van der Waals surface area contributed by atoms with Crippen LogP contribution in [0.15, 0.2) is 18.3 Å². The zero-order chi connectivity index (χ0) is 16.5. The minimum absolute atomic E-state index is 0.204. The van der Waals surface area contributed by atoms with Gasteiger partial charge in [0.25, 0.3) is 5.91 Å². The van der Waals surface area contributed by atoms with Crippen molar-refractivity contribution < 1.29 is 14.3 Å². The van der Waals surface area contributed by atoms with E-state index in [0.717, 1.165) is 24.5 Å². The average molecular weight is 375 g/mol. The van der Waals surface area contributed by atoms with Crippen LogP contribution in [0.3, 0.4) is 0 Å². The van der Waals surface area contributed by atoms with Crippen LogP contribution < -0.4 is 5.32 Å². The molecule has 0 unspecified atom stereocenters. The van der Waals surface area contributed by atoms with Crippen LogP contribution in [0.1, 0.15) is 32.1 Å². The number of halogens is 1. The molecule has 1 saturated heterocycles. The van der Waals surface area contributed by atoms with Gasteiger partial charge in [0.2, 0.25) is 0 Å². The molecular formula is C15H19ClN2O3S2. The Morgan fingerprint density at radius 2 is 2.30 bits per heavy atom. The molecular weight excluding hydrogens is 356 g/mol. The molecule has 8 heteroatoms. The van der Waals surface area contributed by atoms with Gasteiger partial charge < -0.3 is 10.1 Å². The van der Waals surface area contributed by atoms with Crippen molar-refractivity contribution in [1.82, 2.24) is 4.98 Å². The van der Waals surface area contributed by atoms with Crippen molar-refractivity contribution >= 4 is 50.8 Å². The normalized spacial score (nSPS) is 17.0. The topological polar surface area (TPSA) is 68.3 Å². The number of aromatic nitrogens is 1. The van der Waals surface area contributed by atoms with E-state index in [1.807, 2.05) is 21.6 Å². The van der Waals surface area contributed by atoms with Crippen molar-refractivity contribution in [3.05, 3.63) is 23.5 Å². The summed E-state index contributed by atoms with van der Waals surface area (Å²) >= 11 is 5.83. The van der Waals surface area contributed by atoms with Crippen molar-refractivity contribution in [3.8, 4) is 0 Å². The standard InChI is InChI=1S/C15H19ClN2O3S2/c16-15-12(5-3-8-17-15)18-13(19)10-21-14(20)6-2-1-4-11-7-9-22-23-11/h3,5,8,11H,1-2,4,6-7,9-10H2,(H,18,19)/t11-/m1/s1. The van der Waals surface area contributed by atoms with Gasteiger partial charge in [0.05, 0.1) is 5.69 Å². The number of nitrogens with one attached hydrogen (secondary N) is 1. The summed E-state index contributed by atoms with van der Waals surface area (Å²) in [4.78, 5) is 27.2. The first-order chi connectivity index (χ1) is 11.1. The van der Waals surface area contributed by atoms with Gasteiger partial charge in [0.1, 0.15) is 0 Å². The lowest BCUT2D eigenvalue weighted by atomic mass is 10.1. The lowest BCUT2D eigenvalue weighted by Crippen LogP contribution is -2.21. The predicted octanol–water partition coefficient (Wildman–Crippen LogP) is 3.93. The van der Waals surface area contributed by atoms with Crippen LogP contribution in [-0.2, 0) is 14.3 Å². The molecule has 1 fully saturated rings. The molecule has 0 aliphatic carbocycles. The maximum atomic E-state index is 11.7. The number of carbonyl (C=O) groups excluding carboxylic acids is 2. The number of pyridine rings is 1. The van der Waals surface area contributed by atoms with E-state index in [2.05, 4.69) is 10.3 Å². The summed E-state index contributed by atoms with van der Waals surface area (Å²) in [6, 6.07) is 3.29. The molecule has 126 valence electrons. The van der Waals surface area contributed by atoms with Gasteiger partial charge >= 0.3 is 5.97 Å². The Labute approximate surface area is 148 Å². The second-order valence-electron chi connectivity index (χ2n) is 5.13. The summed E-state index contributed by atoms with van der Waals surface area (Å²) in [5, 5.41) is 3.49. The molecule has 1 aliphatic heterocycles. The third-order valence-corrected chi connectivity index (χ3v) is 6.59. The van der Waals surface area contributed by atoms with Gasteiger partial charge in [0, 0.05) is 23.6 Å². The van der Waals surface area contributed by atoms with Gasteiger partial charge in [-0.25, -0.2) is 4.98 Å². The fourth-order valence-corrected chi connectivity index (χ4v) is 5.28. The number of carbonyl (C=O) groups is 2. The number of ether oxygens (including phenoxy) is 1. The Morgan fingerprint density at radius 3 is 3.04 bits per heavy atom. The number of rotatable bonds is 8. The maximum Gasteiger partial charge on any atom is 0.306 e. The molecule has 0 spiro atoms. The number of unbranched alkanes of at least 4 members (excludes halogenated alkanes) is 1. The van der Waals surface area contributed by atoms with Gasteiger partial charge in [0.15, 0.2) is 11.8 Å². The van der Waals surface area contributed by atoms with E-state index in [1.165, 1.54) is 18.4 Å². The molecule has 1 aromatic heterocycles. The van der Waals surface area contributed by atoms with Crippen LogP contribution in [0.2, 0.25) is 5.15 Å². The zero-order valence-electron chi connectivity index (χ0n) is 12.6. The van der Waals surface area contributed by atoms with Gasteiger partial charge in [-0.1, -0.05) is 39.6 Å². The van der Waals surface area contributed by atoms with E-state index in [9.17, 15) is 9.59 Å². The first-order valence-corrected chi connectivity index (χ1v) is 10.3. The van der Waals surface area contributed by atoms with Crippen LogP contribution in [0.4, 0.5) is 5.69 Å². The summed E-state index contributed by atoms with van der Waals surface area (Å²) in [5.74, 6) is 0.464.